The summed E-state index contributed by atoms with van der Waals surface area (Å²) in [7, 11) is 0. The Hall–Kier alpha value is -2.64. The Morgan fingerprint density at radius 3 is 2.00 bits per heavy atom. The second kappa shape index (κ2) is 8.48. The number of Topliss-reactive ketones (excluding diaryl/α,β-unsaturated/α-hetero) is 2. The second-order valence-electron chi connectivity index (χ2n) is 9.69. The molecule has 170 valence electrons. The molecule has 2 rings (SSSR count). The minimum absolute atomic E-state index is 0.0890. The van der Waals surface area contributed by atoms with Crippen LogP contribution in [0.2, 0.25) is 0 Å². The van der Waals surface area contributed by atoms with Crippen LogP contribution < -0.4 is 0 Å². The van der Waals surface area contributed by atoms with Gasteiger partial charge in [-0.25, -0.2) is 0 Å². The van der Waals surface area contributed by atoms with E-state index in [0.717, 1.165) is 12.5 Å². The number of hydrogen-bond acceptors (Lipinski definition) is 6. The lowest BCUT2D eigenvalue weighted by atomic mass is 9.47. The number of nitro groups is 2. The van der Waals surface area contributed by atoms with Crippen molar-refractivity contribution in [3.8, 4) is 0 Å². The molecule has 0 spiro atoms. The van der Waals surface area contributed by atoms with Crippen molar-refractivity contribution in [1.82, 2.24) is 0 Å². The average Bonchev–Trinajstić information content (AvgIpc) is 2.66. The van der Waals surface area contributed by atoms with E-state index in [1.54, 1.807) is 20.8 Å². The summed E-state index contributed by atoms with van der Waals surface area (Å²) in [5.41, 5.74) is -2.86. The molecule has 1 saturated carbocycles. The van der Waals surface area contributed by atoms with Crippen LogP contribution in [0.1, 0.15) is 84.8 Å². The number of non-ortho nitro benzene ring substituents is 1. The van der Waals surface area contributed by atoms with Crippen molar-refractivity contribution < 1.29 is 19.4 Å². The molecule has 1 aromatic rings. The number of hydrogen-bond donors (Lipinski definition) is 0. The molecule has 0 saturated heterocycles. The summed E-state index contributed by atoms with van der Waals surface area (Å²) >= 11 is 0. The molecule has 0 aliphatic heterocycles. The fourth-order valence-corrected chi connectivity index (χ4v) is 5.34. The molecule has 0 N–H and O–H groups in total. The van der Waals surface area contributed by atoms with Crippen molar-refractivity contribution in [2.45, 2.75) is 79.1 Å². The van der Waals surface area contributed by atoms with E-state index in [1.807, 2.05) is 13.8 Å². The summed E-state index contributed by atoms with van der Waals surface area (Å²) in [6, 6.07) is 2.27. The number of nitro benzene ring substituents is 2. The van der Waals surface area contributed by atoms with Crippen LogP contribution >= 0.6 is 0 Å². The molecule has 1 aromatic carbocycles. The molecule has 3 atom stereocenters. The summed E-state index contributed by atoms with van der Waals surface area (Å²) in [5, 5.41) is 23.7. The number of nitrogens with zero attached hydrogens (tertiary/aromatic N) is 2. The Labute approximate surface area is 182 Å². The van der Waals surface area contributed by atoms with Gasteiger partial charge in [-0.1, -0.05) is 34.6 Å². The average molecular weight is 433 g/mol. The molecule has 0 amide bonds. The molecular formula is C23H32N2O6. The number of carbonyl (C=O) groups excluding carboxylic acids is 2. The van der Waals surface area contributed by atoms with E-state index in [-0.39, 0.29) is 34.9 Å². The molecule has 1 aliphatic carbocycles. The summed E-state index contributed by atoms with van der Waals surface area (Å²) in [6.07, 6.45) is 1.46. The topological polar surface area (TPSA) is 120 Å². The lowest BCUT2D eigenvalue weighted by Crippen LogP contribution is -2.57. The van der Waals surface area contributed by atoms with Crippen molar-refractivity contribution in [1.29, 1.82) is 0 Å². The highest BCUT2D eigenvalue weighted by molar-refractivity contribution is 5.99. The van der Waals surface area contributed by atoms with E-state index in [0.29, 0.717) is 18.4 Å². The Balaban J connectivity index is 3.10. The zero-order chi connectivity index (χ0) is 23.9. The van der Waals surface area contributed by atoms with Crippen LogP contribution in [0.5, 0.6) is 0 Å². The minimum Gasteiger partial charge on any atom is -0.299 e. The molecule has 31 heavy (non-hydrogen) atoms. The fraction of sp³-hybridized carbons (Fsp3) is 0.652. The van der Waals surface area contributed by atoms with Crippen molar-refractivity contribution in [2.75, 3.05) is 0 Å². The van der Waals surface area contributed by atoms with Gasteiger partial charge in [0, 0.05) is 17.0 Å². The van der Waals surface area contributed by atoms with Crippen LogP contribution in [-0.2, 0) is 15.0 Å². The minimum atomic E-state index is -1.43. The molecule has 8 heteroatoms. The van der Waals surface area contributed by atoms with Gasteiger partial charge < -0.3 is 0 Å². The van der Waals surface area contributed by atoms with Crippen molar-refractivity contribution in [2.24, 2.45) is 17.3 Å². The first-order valence-corrected chi connectivity index (χ1v) is 10.7. The van der Waals surface area contributed by atoms with Crippen LogP contribution in [0.15, 0.2) is 12.1 Å². The quantitative estimate of drug-likeness (QED) is 0.414. The van der Waals surface area contributed by atoms with Crippen LogP contribution in [-0.4, -0.2) is 21.4 Å². The van der Waals surface area contributed by atoms with Gasteiger partial charge in [0.2, 0.25) is 0 Å². The first-order chi connectivity index (χ1) is 14.2. The molecule has 3 unspecified atom stereocenters. The lowest BCUT2D eigenvalue weighted by molar-refractivity contribution is -0.395. The van der Waals surface area contributed by atoms with E-state index >= 15 is 0 Å². The SMILES string of the molecule is CC(=O)C1(C)CCC(C(C)C)CC1(C(C)=O)c1c(C(C)C)cc([N+](=O)[O-])cc1[N+](=O)[O-]. The lowest BCUT2D eigenvalue weighted by Gasteiger charge is -2.53. The monoisotopic (exact) mass is 432 g/mol. The van der Waals surface area contributed by atoms with Crippen molar-refractivity contribution >= 4 is 22.9 Å². The third kappa shape index (κ3) is 3.88. The first kappa shape index (κ1) is 24.6. The van der Waals surface area contributed by atoms with Gasteiger partial charge >= 0.3 is 0 Å². The van der Waals surface area contributed by atoms with Gasteiger partial charge in [-0.3, -0.25) is 29.8 Å². The first-order valence-electron chi connectivity index (χ1n) is 10.7. The van der Waals surface area contributed by atoms with E-state index < -0.39 is 32.1 Å². The van der Waals surface area contributed by atoms with Gasteiger partial charge in [0.05, 0.1) is 21.3 Å². The summed E-state index contributed by atoms with van der Waals surface area (Å²) in [6.45, 7) is 12.2. The molecule has 8 nitrogen and oxygen atoms in total. The highest BCUT2D eigenvalue weighted by atomic mass is 16.6. The second-order valence-corrected chi connectivity index (χ2v) is 9.69. The molecule has 0 heterocycles. The van der Waals surface area contributed by atoms with E-state index in [1.165, 1.54) is 19.9 Å². The molecule has 0 bridgehead atoms. The van der Waals surface area contributed by atoms with Gasteiger partial charge in [-0.2, -0.15) is 0 Å². The zero-order valence-corrected chi connectivity index (χ0v) is 19.4. The standard InChI is InChI=1S/C23H32N2O6/c1-13(2)17-8-9-22(7,15(5)26)23(12-17,16(6)27)21-19(14(3)4)10-18(24(28)29)11-20(21)25(30)31/h10-11,13-14,17H,8-9,12H2,1-7H3. The Bertz CT molecular complexity index is 938. The van der Waals surface area contributed by atoms with Gasteiger partial charge in [-0.15, -0.1) is 0 Å². The smallest absolute Gasteiger partial charge is 0.280 e. The van der Waals surface area contributed by atoms with E-state index in [4.69, 9.17) is 0 Å². The van der Waals surface area contributed by atoms with Gasteiger partial charge in [0.15, 0.2) is 0 Å². The number of benzene rings is 1. The molecule has 0 aromatic heterocycles. The zero-order valence-electron chi connectivity index (χ0n) is 19.4. The fourth-order valence-electron chi connectivity index (χ4n) is 5.34. The van der Waals surface area contributed by atoms with Crippen LogP contribution in [0.4, 0.5) is 11.4 Å². The summed E-state index contributed by atoms with van der Waals surface area (Å²) in [4.78, 5) is 48.8. The predicted octanol–water partition coefficient (Wildman–Crippen LogP) is 5.50. The van der Waals surface area contributed by atoms with E-state index in [2.05, 4.69) is 0 Å². The Kier molecular flexibility index (Phi) is 6.73. The maximum atomic E-state index is 13.5. The van der Waals surface area contributed by atoms with Gasteiger partial charge in [-0.05, 0) is 56.4 Å². The van der Waals surface area contributed by atoms with Crippen molar-refractivity contribution in [3.05, 3.63) is 43.5 Å². The summed E-state index contributed by atoms with van der Waals surface area (Å²) < 4.78 is 0. The highest BCUT2D eigenvalue weighted by Crippen LogP contribution is 2.59. The van der Waals surface area contributed by atoms with Crippen LogP contribution in [0.25, 0.3) is 0 Å². The Morgan fingerprint density at radius 2 is 1.61 bits per heavy atom. The van der Waals surface area contributed by atoms with E-state index in [9.17, 15) is 29.8 Å². The normalized spacial score (nSPS) is 26.2. The third-order valence-corrected chi connectivity index (χ3v) is 7.44. The van der Waals surface area contributed by atoms with Gasteiger partial charge in [0.25, 0.3) is 11.4 Å². The molecule has 0 radical (unpaired) electrons. The largest absolute Gasteiger partial charge is 0.299 e. The number of rotatable bonds is 7. The van der Waals surface area contributed by atoms with Crippen LogP contribution in [0.3, 0.4) is 0 Å². The van der Waals surface area contributed by atoms with Gasteiger partial charge in [0.1, 0.15) is 11.6 Å². The van der Waals surface area contributed by atoms with Crippen LogP contribution in [0, 0.1) is 37.5 Å². The molecule has 1 fully saturated rings. The number of carbonyl (C=O) groups is 2. The number of ketones is 2. The van der Waals surface area contributed by atoms with Crippen molar-refractivity contribution in [3.63, 3.8) is 0 Å². The molecule has 1 aliphatic rings. The Morgan fingerprint density at radius 1 is 1.03 bits per heavy atom. The maximum absolute atomic E-state index is 13.5. The highest BCUT2D eigenvalue weighted by Gasteiger charge is 2.61. The predicted molar refractivity (Wildman–Crippen MR) is 117 cm³/mol. The maximum Gasteiger partial charge on any atom is 0.280 e. The molecular weight excluding hydrogens is 400 g/mol. The third-order valence-electron chi connectivity index (χ3n) is 7.44. The summed E-state index contributed by atoms with van der Waals surface area (Å²) in [5.74, 6) is -0.525.